The first-order valence-electron chi connectivity index (χ1n) is 8.73. The van der Waals surface area contributed by atoms with Gasteiger partial charge < -0.3 is 10.2 Å². The lowest BCUT2D eigenvalue weighted by atomic mass is 10.2. The lowest BCUT2D eigenvalue weighted by Gasteiger charge is -2.21. The molecule has 0 bridgehead atoms. The van der Waals surface area contributed by atoms with E-state index in [2.05, 4.69) is 15.5 Å². The topological polar surface area (TPSA) is 50.9 Å². The van der Waals surface area contributed by atoms with Gasteiger partial charge in [0.25, 0.3) is 0 Å². The summed E-state index contributed by atoms with van der Waals surface area (Å²) in [6, 6.07) is 7.58. The summed E-state index contributed by atoms with van der Waals surface area (Å²) >= 11 is 17.7. The summed E-state index contributed by atoms with van der Waals surface area (Å²) in [6.07, 6.45) is 1.78. The van der Waals surface area contributed by atoms with E-state index in [9.17, 15) is 0 Å². The van der Waals surface area contributed by atoms with Gasteiger partial charge in [-0.1, -0.05) is 29.3 Å². The van der Waals surface area contributed by atoms with Gasteiger partial charge in [0, 0.05) is 20.3 Å². The van der Waals surface area contributed by atoms with E-state index >= 15 is 0 Å². The molecule has 2 heterocycles. The van der Waals surface area contributed by atoms with Crippen molar-refractivity contribution in [3.8, 4) is 0 Å². The van der Waals surface area contributed by atoms with Crippen molar-refractivity contribution in [2.24, 2.45) is 7.05 Å². The molecule has 28 heavy (non-hydrogen) atoms. The normalized spacial score (nSPS) is 10.9. The molecule has 0 aliphatic heterocycles. The summed E-state index contributed by atoms with van der Waals surface area (Å²) in [5, 5.41) is 13.9. The van der Waals surface area contributed by atoms with Crippen LogP contribution < -0.4 is 5.32 Å². The highest BCUT2D eigenvalue weighted by Crippen LogP contribution is 2.25. The molecule has 0 unspecified atom stereocenters. The minimum atomic E-state index is 0.539. The molecule has 2 aromatic heterocycles. The highest BCUT2D eigenvalue weighted by Gasteiger charge is 2.16. The third-order valence-electron chi connectivity index (χ3n) is 4.60. The lowest BCUT2D eigenvalue weighted by molar-refractivity contribution is 0.482. The van der Waals surface area contributed by atoms with Crippen LogP contribution in [-0.2, 0) is 20.1 Å². The largest absolute Gasteiger partial charge is 0.346 e. The fraction of sp³-hybridized carbons (Fsp3) is 0.316. The van der Waals surface area contributed by atoms with E-state index in [1.165, 1.54) is 0 Å². The van der Waals surface area contributed by atoms with Crippen molar-refractivity contribution in [3.63, 3.8) is 0 Å². The van der Waals surface area contributed by atoms with Gasteiger partial charge in [0.2, 0.25) is 0 Å². The summed E-state index contributed by atoms with van der Waals surface area (Å²) in [5.41, 5.74) is 4.91. The number of hydrogen-bond donors (Lipinski definition) is 1. The van der Waals surface area contributed by atoms with Crippen molar-refractivity contribution < 1.29 is 0 Å². The molecular formula is C19H22Cl2N6S. The van der Waals surface area contributed by atoms with Gasteiger partial charge in [0.15, 0.2) is 5.11 Å². The van der Waals surface area contributed by atoms with E-state index in [1.807, 2.05) is 60.4 Å². The number of nitrogens with zero attached hydrogens (tertiary/aromatic N) is 5. The maximum absolute atomic E-state index is 6.13. The van der Waals surface area contributed by atoms with Gasteiger partial charge in [0.1, 0.15) is 0 Å². The Morgan fingerprint density at radius 2 is 1.96 bits per heavy atom. The molecule has 0 saturated heterocycles. The highest BCUT2D eigenvalue weighted by atomic mass is 35.5. The SMILES string of the molecule is Cc1nn(Cc2ccc(Cl)c(Cl)c2)c(C)c1NC(=S)N(C)Cc1ccnn1C. The van der Waals surface area contributed by atoms with Crippen LogP contribution in [-0.4, -0.2) is 36.6 Å². The number of hydrogen-bond acceptors (Lipinski definition) is 3. The number of aromatic nitrogens is 4. The van der Waals surface area contributed by atoms with Gasteiger partial charge >= 0.3 is 0 Å². The minimum absolute atomic E-state index is 0.539. The molecule has 148 valence electrons. The van der Waals surface area contributed by atoms with Crippen molar-refractivity contribution >= 4 is 46.2 Å². The molecule has 0 radical (unpaired) electrons. The standard InChI is InChI=1S/C19H22Cl2N6S/c1-12-18(23-19(28)25(3)11-15-7-8-22-26(15)4)13(2)27(24-12)10-14-5-6-16(20)17(21)9-14/h5-9H,10-11H2,1-4H3,(H,23,28). The number of benzene rings is 1. The molecule has 3 rings (SSSR count). The third-order valence-corrected chi connectivity index (χ3v) is 5.75. The number of aryl methyl sites for hydroxylation is 2. The fourth-order valence-corrected chi connectivity index (χ4v) is 3.40. The average molecular weight is 437 g/mol. The Hall–Kier alpha value is -2.09. The van der Waals surface area contributed by atoms with Gasteiger partial charge in [-0.2, -0.15) is 10.2 Å². The summed E-state index contributed by atoms with van der Waals surface area (Å²) < 4.78 is 3.77. The van der Waals surface area contributed by atoms with E-state index in [0.29, 0.717) is 28.2 Å². The Bertz CT molecular complexity index is 1010. The molecule has 3 aromatic rings. The minimum Gasteiger partial charge on any atom is -0.346 e. The molecule has 0 aliphatic rings. The van der Waals surface area contributed by atoms with Crippen LogP contribution in [0.1, 0.15) is 22.6 Å². The first-order valence-corrected chi connectivity index (χ1v) is 9.89. The number of rotatable bonds is 5. The summed E-state index contributed by atoms with van der Waals surface area (Å²) in [6.45, 7) is 5.24. The van der Waals surface area contributed by atoms with Crippen LogP contribution in [0.3, 0.4) is 0 Å². The fourth-order valence-electron chi connectivity index (χ4n) is 2.92. The Morgan fingerprint density at radius 1 is 1.21 bits per heavy atom. The molecule has 1 N–H and O–H groups in total. The van der Waals surface area contributed by atoms with Crippen LogP contribution in [0.4, 0.5) is 5.69 Å². The zero-order valence-electron chi connectivity index (χ0n) is 16.2. The second kappa shape index (κ2) is 8.51. The number of thiocarbonyl (C=S) groups is 1. The van der Waals surface area contributed by atoms with Gasteiger partial charge in [-0.25, -0.2) is 0 Å². The van der Waals surface area contributed by atoms with Crippen LogP contribution in [0.2, 0.25) is 10.0 Å². The lowest BCUT2D eigenvalue weighted by Crippen LogP contribution is -2.31. The van der Waals surface area contributed by atoms with Crippen LogP contribution in [0, 0.1) is 13.8 Å². The number of nitrogens with one attached hydrogen (secondary N) is 1. The summed E-state index contributed by atoms with van der Waals surface area (Å²) in [5.74, 6) is 0. The zero-order valence-corrected chi connectivity index (χ0v) is 18.5. The Balaban J connectivity index is 1.73. The molecule has 9 heteroatoms. The quantitative estimate of drug-likeness (QED) is 0.599. The average Bonchev–Trinajstić information content (AvgIpc) is 3.16. The number of anilines is 1. The molecule has 0 saturated carbocycles. The molecule has 0 aliphatic carbocycles. The van der Waals surface area contributed by atoms with Crippen LogP contribution in [0.5, 0.6) is 0 Å². The van der Waals surface area contributed by atoms with Crippen molar-refractivity contribution in [3.05, 3.63) is 63.2 Å². The maximum Gasteiger partial charge on any atom is 0.173 e. The van der Waals surface area contributed by atoms with E-state index in [4.69, 9.17) is 35.4 Å². The van der Waals surface area contributed by atoms with Crippen LogP contribution >= 0.6 is 35.4 Å². The predicted octanol–water partition coefficient (Wildman–Crippen LogP) is 4.42. The smallest absolute Gasteiger partial charge is 0.173 e. The number of halogens is 2. The zero-order chi connectivity index (χ0) is 20.4. The molecule has 0 fully saturated rings. The molecule has 0 spiro atoms. The molecule has 0 atom stereocenters. The van der Waals surface area contributed by atoms with Gasteiger partial charge in [0.05, 0.1) is 45.9 Å². The van der Waals surface area contributed by atoms with Crippen LogP contribution in [0.25, 0.3) is 0 Å². The monoisotopic (exact) mass is 436 g/mol. The van der Waals surface area contributed by atoms with E-state index in [-0.39, 0.29) is 0 Å². The Kier molecular flexibility index (Phi) is 6.27. The maximum atomic E-state index is 6.13. The van der Waals surface area contributed by atoms with Gasteiger partial charge in [-0.05, 0) is 49.8 Å². The van der Waals surface area contributed by atoms with Gasteiger partial charge in [-0.3, -0.25) is 9.36 Å². The van der Waals surface area contributed by atoms with Crippen LogP contribution in [0.15, 0.2) is 30.5 Å². The first-order chi connectivity index (χ1) is 13.3. The second-order valence-corrected chi connectivity index (χ2v) is 7.89. The Labute approximate surface area is 180 Å². The highest BCUT2D eigenvalue weighted by molar-refractivity contribution is 7.80. The first kappa shape index (κ1) is 20.6. The predicted molar refractivity (Wildman–Crippen MR) is 118 cm³/mol. The van der Waals surface area contributed by atoms with Crippen molar-refractivity contribution in [2.75, 3.05) is 12.4 Å². The Morgan fingerprint density at radius 3 is 2.61 bits per heavy atom. The third kappa shape index (κ3) is 4.48. The summed E-state index contributed by atoms with van der Waals surface area (Å²) in [7, 11) is 3.87. The van der Waals surface area contributed by atoms with E-state index in [0.717, 1.165) is 28.3 Å². The molecule has 0 amide bonds. The van der Waals surface area contributed by atoms with Crippen molar-refractivity contribution in [2.45, 2.75) is 26.9 Å². The second-order valence-electron chi connectivity index (χ2n) is 6.68. The van der Waals surface area contributed by atoms with Gasteiger partial charge in [-0.15, -0.1) is 0 Å². The summed E-state index contributed by atoms with van der Waals surface area (Å²) in [4.78, 5) is 1.97. The van der Waals surface area contributed by atoms with Crippen molar-refractivity contribution in [1.82, 2.24) is 24.5 Å². The molecular weight excluding hydrogens is 415 g/mol. The van der Waals surface area contributed by atoms with Crippen molar-refractivity contribution in [1.29, 1.82) is 0 Å². The molecule has 1 aromatic carbocycles. The van der Waals surface area contributed by atoms with E-state index in [1.54, 1.807) is 12.3 Å². The van der Waals surface area contributed by atoms with E-state index < -0.39 is 0 Å². The molecule has 6 nitrogen and oxygen atoms in total.